The molecule has 0 spiro atoms. The van der Waals surface area contributed by atoms with Crippen molar-refractivity contribution >= 4 is 5.82 Å². The topological polar surface area (TPSA) is 64.2 Å². The van der Waals surface area contributed by atoms with Gasteiger partial charge in [-0.25, -0.2) is 4.98 Å². The van der Waals surface area contributed by atoms with Gasteiger partial charge in [0.05, 0.1) is 0 Å². The summed E-state index contributed by atoms with van der Waals surface area (Å²) in [6, 6.07) is 0.394. The van der Waals surface area contributed by atoms with Gasteiger partial charge in [0.1, 0.15) is 0 Å². The van der Waals surface area contributed by atoms with Crippen LogP contribution in [0, 0.1) is 0 Å². The number of anilines is 1. The number of aromatic nitrogens is 2. The van der Waals surface area contributed by atoms with E-state index in [0.29, 0.717) is 24.9 Å². The lowest BCUT2D eigenvalue weighted by Gasteiger charge is -2.20. The van der Waals surface area contributed by atoms with Crippen molar-refractivity contribution in [2.24, 2.45) is 5.73 Å². The average molecular weight is 222 g/mol. The summed E-state index contributed by atoms with van der Waals surface area (Å²) in [5.74, 6) is 0.530. The first-order valence-corrected chi connectivity index (χ1v) is 5.80. The van der Waals surface area contributed by atoms with Crippen LogP contribution in [0.25, 0.3) is 0 Å². The number of nitrogens with zero attached hydrogens (tertiary/aromatic N) is 3. The van der Waals surface area contributed by atoms with Crippen molar-refractivity contribution in [1.82, 2.24) is 9.55 Å². The third kappa shape index (κ3) is 2.09. The van der Waals surface area contributed by atoms with Gasteiger partial charge in [-0.3, -0.25) is 4.79 Å². The molecule has 0 amide bonds. The third-order valence-corrected chi connectivity index (χ3v) is 2.87. The second kappa shape index (κ2) is 4.65. The van der Waals surface area contributed by atoms with Crippen LogP contribution in [0.3, 0.4) is 0 Å². The molecule has 0 atom stereocenters. The zero-order chi connectivity index (χ0) is 11.5. The molecule has 1 fully saturated rings. The van der Waals surface area contributed by atoms with Gasteiger partial charge in [0.15, 0.2) is 5.82 Å². The monoisotopic (exact) mass is 222 g/mol. The van der Waals surface area contributed by atoms with Gasteiger partial charge in [-0.2, -0.15) is 0 Å². The minimum absolute atomic E-state index is 0.0142. The number of rotatable bonds is 5. The van der Waals surface area contributed by atoms with Crippen LogP contribution in [0.4, 0.5) is 5.82 Å². The van der Waals surface area contributed by atoms with Gasteiger partial charge in [0, 0.05) is 38.1 Å². The Morgan fingerprint density at radius 1 is 1.62 bits per heavy atom. The lowest BCUT2D eigenvalue weighted by atomic mass is 10.4. The van der Waals surface area contributed by atoms with Crippen molar-refractivity contribution in [2.75, 3.05) is 24.5 Å². The highest BCUT2D eigenvalue weighted by atomic mass is 16.1. The van der Waals surface area contributed by atoms with Crippen LogP contribution in [0.2, 0.25) is 0 Å². The third-order valence-electron chi connectivity index (χ3n) is 2.87. The first-order valence-electron chi connectivity index (χ1n) is 5.80. The van der Waals surface area contributed by atoms with Crippen LogP contribution in [-0.2, 0) is 0 Å². The molecule has 0 unspecified atom stereocenters. The van der Waals surface area contributed by atoms with Crippen molar-refractivity contribution in [2.45, 2.75) is 25.8 Å². The average Bonchev–Trinajstić information content (AvgIpc) is 3.11. The summed E-state index contributed by atoms with van der Waals surface area (Å²) in [7, 11) is 0. The van der Waals surface area contributed by atoms with Crippen molar-refractivity contribution < 1.29 is 0 Å². The molecule has 1 aliphatic rings. The maximum atomic E-state index is 12.1. The number of hydrogen-bond acceptors (Lipinski definition) is 4. The summed E-state index contributed by atoms with van der Waals surface area (Å²) in [6.45, 7) is 3.97. The maximum absolute atomic E-state index is 12.1. The highest BCUT2D eigenvalue weighted by Gasteiger charge is 2.25. The normalized spacial score (nSPS) is 15.1. The van der Waals surface area contributed by atoms with E-state index in [-0.39, 0.29) is 5.56 Å². The van der Waals surface area contributed by atoms with Gasteiger partial charge < -0.3 is 15.2 Å². The fourth-order valence-corrected chi connectivity index (χ4v) is 1.84. The van der Waals surface area contributed by atoms with Crippen LogP contribution >= 0.6 is 0 Å². The number of likely N-dealkylation sites (N-methyl/N-ethyl adjacent to an activating group) is 1. The maximum Gasteiger partial charge on any atom is 0.293 e. The Morgan fingerprint density at radius 2 is 2.38 bits per heavy atom. The predicted molar refractivity (Wildman–Crippen MR) is 63.7 cm³/mol. The molecule has 1 heterocycles. The highest BCUT2D eigenvalue weighted by molar-refractivity contribution is 5.35. The van der Waals surface area contributed by atoms with Crippen molar-refractivity contribution in [3.05, 3.63) is 22.7 Å². The van der Waals surface area contributed by atoms with E-state index in [9.17, 15) is 4.79 Å². The van der Waals surface area contributed by atoms with Gasteiger partial charge >= 0.3 is 0 Å². The van der Waals surface area contributed by atoms with Gasteiger partial charge in [0.25, 0.3) is 5.56 Å². The van der Waals surface area contributed by atoms with Crippen LogP contribution in [-0.4, -0.2) is 29.2 Å². The van der Waals surface area contributed by atoms with E-state index in [0.717, 1.165) is 19.4 Å². The van der Waals surface area contributed by atoms with E-state index in [1.165, 1.54) is 0 Å². The van der Waals surface area contributed by atoms with Gasteiger partial charge in [-0.1, -0.05) is 0 Å². The highest BCUT2D eigenvalue weighted by Crippen LogP contribution is 2.33. The summed E-state index contributed by atoms with van der Waals surface area (Å²) < 4.78 is 1.79. The summed E-state index contributed by atoms with van der Waals surface area (Å²) >= 11 is 0. The molecule has 1 aromatic heterocycles. The molecule has 1 aliphatic carbocycles. The predicted octanol–water partition coefficient (Wildman–Crippen LogP) is 0.363. The fourth-order valence-electron chi connectivity index (χ4n) is 1.84. The number of hydrogen-bond donors (Lipinski definition) is 1. The molecule has 2 N–H and O–H groups in total. The molecule has 0 aliphatic heterocycles. The molecule has 5 heteroatoms. The second-order valence-corrected chi connectivity index (χ2v) is 4.06. The van der Waals surface area contributed by atoms with Gasteiger partial charge in [0.2, 0.25) is 0 Å². The molecule has 0 saturated heterocycles. The molecule has 5 nitrogen and oxygen atoms in total. The fraction of sp³-hybridized carbons (Fsp3) is 0.636. The second-order valence-electron chi connectivity index (χ2n) is 4.06. The minimum atomic E-state index is 0.0142. The lowest BCUT2D eigenvalue weighted by Crippen LogP contribution is -2.36. The van der Waals surface area contributed by atoms with Crippen LogP contribution in [0.5, 0.6) is 0 Å². The molecule has 16 heavy (non-hydrogen) atoms. The first-order chi connectivity index (χ1) is 7.77. The van der Waals surface area contributed by atoms with Gasteiger partial charge in [-0.05, 0) is 19.8 Å². The molecule has 0 bridgehead atoms. The summed E-state index contributed by atoms with van der Waals surface area (Å²) in [6.07, 6.45) is 5.69. The van der Waals surface area contributed by atoms with E-state index in [4.69, 9.17) is 5.73 Å². The quantitative estimate of drug-likeness (QED) is 0.781. The Morgan fingerprint density at radius 3 is 2.94 bits per heavy atom. The zero-order valence-corrected chi connectivity index (χ0v) is 9.59. The summed E-state index contributed by atoms with van der Waals surface area (Å²) in [5, 5.41) is 0. The standard InChI is InChI=1S/C11H18N4O/c1-2-14(7-5-12)10-11(16)15(8-6-13-10)9-3-4-9/h6,8-9H,2-5,7,12H2,1H3. The SMILES string of the molecule is CCN(CCN)c1nccn(C2CC2)c1=O. The van der Waals surface area contributed by atoms with E-state index in [1.54, 1.807) is 17.0 Å². The van der Waals surface area contributed by atoms with Crippen molar-refractivity contribution in [3.63, 3.8) is 0 Å². The van der Waals surface area contributed by atoms with Crippen molar-refractivity contribution in [3.8, 4) is 0 Å². The Kier molecular flexibility index (Phi) is 3.24. The van der Waals surface area contributed by atoms with E-state index in [1.807, 2.05) is 11.8 Å². The van der Waals surface area contributed by atoms with Gasteiger partial charge in [-0.15, -0.1) is 0 Å². The lowest BCUT2D eigenvalue weighted by molar-refractivity contribution is 0.684. The van der Waals surface area contributed by atoms with Crippen LogP contribution in [0.1, 0.15) is 25.8 Å². The Bertz CT molecular complexity index is 411. The van der Waals surface area contributed by atoms with E-state index in [2.05, 4.69) is 4.98 Å². The molecule has 2 rings (SSSR count). The van der Waals surface area contributed by atoms with E-state index >= 15 is 0 Å². The molecule has 88 valence electrons. The van der Waals surface area contributed by atoms with Crippen LogP contribution < -0.4 is 16.2 Å². The summed E-state index contributed by atoms with van der Waals surface area (Å²) in [5.41, 5.74) is 5.54. The molecule has 1 aromatic rings. The zero-order valence-electron chi connectivity index (χ0n) is 9.59. The van der Waals surface area contributed by atoms with E-state index < -0.39 is 0 Å². The Hall–Kier alpha value is -1.36. The summed E-state index contributed by atoms with van der Waals surface area (Å²) in [4.78, 5) is 18.3. The van der Waals surface area contributed by atoms with Crippen LogP contribution in [0.15, 0.2) is 17.2 Å². The molecule has 0 aromatic carbocycles. The smallest absolute Gasteiger partial charge is 0.293 e. The first kappa shape index (κ1) is 11.1. The molecular formula is C11H18N4O. The molecule has 0 radical (unpaired) electrons. The number of nitrogens with two attached hydrogens (primary N) is 1. The molecule has 1 saturated carbocycles. The Labute approximate surface area is 94.9 Å². The Balaban J connectivity index is 2.32. The molecular weight excluding hydrogens is 204 g/mol. The van der Waals surface area contributed by atoms with Crippen molar-refractivity contribution in [1.29, 1.82) is 0 Å². The largest absolute Gasteiger partial charge is 0.351 e. The minimum Gasteiger partial charge on any atom is -0.351 e.